The number of hydrogen-bond acceptors (Lipinski definition) is 3. The van der Waals surface area contributed by atoms with Crippen LogP contribution >= 0.6 is 0 Å². The van der Waals surface area contributed by atoms with Crippen LogP contribution in [0.5, 0.6) is 0 Å². The summed E-state index contributed by atoms with van der Waals surface area (Å²) in [6.45, 7) is 7.74. The topological polar surface area (TPSA) is 72.3 Å². The number of amides is 1. The minimum Gasteiger partial charge on any atom is -0.368 e. The number of rotatable bonds is 4. The third-order valence-corrected chi connectivity index (χ3v) is 3.28. The molecule has 0 radical (unpaired) electrons. The summed E-state index contributed by atoms with van der Waals surface area (Å²) in [5.41, 5.74) is 10.3. The molecule has 0 aromatic heterocycles. The van der Waals surface area contributed by atoms with Gasteiger partial charge in [-0.25, -0.2) is 0 Å². The molecular formula is C11H23N3O. The predicted molar refractivity (Wildman–Crippen MR) is 61.2 cm³/mol. The van der Waals surface area contributed by atoms with Gasteiger partial charge in [-0.15, -0.1) is 0 Å². The number of likely N-dealkylation sites (tertiary alicyclic amines) is 1. The fraction of sp³-hybridized carbons (Fsp3) is 0.909. The fourth-order valence-corrected chi connectivity index (χ4v) is 2.30. The molecule has 2 unspecified atom stereocenters. The maximum absolute atomic E-state index is 11.2. The maximum atomic E-state index is 11.2. The molecule has 1 saturated heterocycles. The Morgan fingerprint density at radius 2 is 2.20 bits per heavy atom. The van der Waals surface area contributed by atoms with E-state index in [2.05, 4.69) is 18.7 Å². The molecule has 2 atom stereocenters. The summed E-state index contributed by atoms with van der Waals surface area (Å²) < 4.78 is 0. The number of primary amides is 1. The Labute approximate surface area is 92.0 Å². The van der Waals surface area contributed by atoms with Gasteiger partial charge in [0.1, 0.15) is 5.54 Å². The van der Waals surface area contributed by atoms with Crippen molar-refractivity contribution in [3.8, 4) is 0 Å². The van der Waals surface area contributed by atoms with E-state index in [9.17, 15) is 4.79 Å². The maximum Gasteiger partial charge on any atom is 0.238 e. The van der Waals surface area contributed by atoms with E-state index in [4.69, 9.17) is 11.5 Å². The largest absolute Gasteiger partial charge is 0.368 e. The Hall–Kier alpha value is -0.610. The molecule has 4 N–H and O–H groups in total. The highest BCUT2D eigenvalue weighted by molar-refractivity contribution is 5.84. The predicted octanol–water partition coefficient (Wildman–Crippen LogP) is 0.310. The van der Waals surface area contributed by atoms with Crippen molar-refractivity contribution in [3.05, 3.63) is 0 Å². The van der Waals surface area contributed by atoms with Crippen LogP contribution in [-0.4, -0.2) is 35.5 Å². The summed E-state index contributed by atoms with van der Waals surface area (Å²) in [5, 5.41) is 0. The van der Waals surface area contributed by atoms with E-state index in [1.54, 1.807) is 6.92 Å². The number of carbonyl (C=O) groups excluding carboxylic acids is 1. The summed E-state index contributed by atoms with van der Waals surface area (Å²) in [7, 11) is 0. The first-order valence-corrected chi connectivity index (χ1v) is 5.67. The van der Waals surface area contributed by atoms with Crippen molar-refractivity contribution >= 4 is 5.91 Å². The number of hydrogen-bond donors (Lipinski definition) is 2. The second-order valence-corrected chi connectivity index (χ2v) is 5.21. The Kier molecular flexibility index (Phi) is 3.73. The van der Waals surface area contributed by atoms with Crippen molar-refractivity contribution in [2.24, 2.45) is 17.4 Å². The van der Waals surface area contributed by atoms with E-state index in [0.717, 1.165) is 6.54 Å². The molecule has 15 heavy (non-hydrogen) atoms. The van der Waals surface area contributed by atoms with Crippen LogP contribution in [-0.2, 0) is 4.79 Å². The van der Waals surface area contributed by atoms with Crippen LogP contribution in [0.4, 0.5) is 0 Å². The average Bonchev–Trinajstić information content (AvgIpc) is 2.51. The zero-order chi connectivity index (χ0) is 11.6. The average molecular weight is 213 g/mol. The Morgan fingerprint density at radius 1 is 1.60 bits per heavy atom. The summed E-state index contributed by atoms with van der Waals surface area (Å²) >= 11 is 0. The van der Waals surface area contributed by atoms with Gasteiger partial charge in [-0.05, 0) is 32.2 Å². The first-order valence-electron chi connectivity index (χ1n) is 5.67. The second kappa shape index (κ2) is 4.49. The standard InChI is InChI=1S/C11H23N3O/c1-8(2)9-5-4-6-14(9)7-11(3,13)10(12)15/h8-9H,4-7,13H2,1-3H3,(H2,12,15). The van der Waals surface area contributed by atoms with Crippen molar-refractivity contribution in [2.45, 2.75) is 45.2 Å². The molecule has 1 fully saturated rings. The van der Waals surface area contributed by atoms with Gasteiger partial charge in [-0.1, -0.05) is 13.8 Å². The van der Waals surface area contributed by atoms with E-state index in [1.807, 2.05) is 0 Å². The molecule has 88 valence electrons. The van der Waals surface area contributed by atoms with Gasteiger partial charge in [-0.2, -0.15) is 0 Å². The Bertz CT molecular complexity index is 238. The molecule has 0 aliphatic carbocycles. The van der Waals surface area contributed by atoms with Gasteiger partial charge in [0.15, 0.2) is 0 Å². The highest BCUT2D eigenvalue weighted by Gasteiger charge is 2.34. The lowest BCUT2D eigenvalue weighted by Crippen LogP contribution is -2.57. The fourth-order valence-electron chi connectivity index (χ4n) is 2.30. The van der Waals surface area contributed by atoms with Gasteiger partial charge in [0.25, 0.3) is 0 Å². The van der Waals surface area contributed by atoms with Crippen molar-refractivity contribution in [3.63, 3.8) is 0 Å². The second-order valence-electron chi connectivity index (χ2n) is 5.21. The van der Waals surface area contributed by atoms with Crippen molar-refractivity contribution in [1.82, 2.24) is 4.90 Å². The number of carbonyl (C=O) groups is 1. The molecule has 1 amide bonds. The van der Waals surface area contributed by atoms with Crippen molar-refractivity contribution < 1.29 is 4.79 Å². The normalized spacial score (nSPS) is 26.9. The zero-order valence-corrected chi connectivity index (χ0v) is 9.99. The van der Waals surface area contributed by atoms with E-state index >= 15 is 0 Å². The highest BCUT2D eigenvalue weighted by Crippen LogP contribution is 2.24. The van der Waals surface area contributed by atoms with Gasteiger partial charge in [0.05, 0.1) is 0 Å². The van der Waals surface area contributed by atoms with E-state index in [1.165, 1.54) is 12.8 Å². The zero-order valence-electron chi connectivity index (χ0n) is 9.99. The van der Waals surface area contributed by atoms with Crippen LogP contribution in [0.1, 0.15) is 33.6 Å². The summed E-state index contributed by atoms with van der Waals surface area (Å²) in [6.07, 6.45) is 2.39. The molecule has 0 spiro atoms. The molecule has 1 aliphatic rings. The molecule has 0 aromatic rings. The Morgan fingerprint density at radius 3 is 2.67 bits per heavy atom. The first-order chi connectivity index (χ1) is 6.84. The quantitative estimate of drug-likeness (QED) is 0.706. The van der Waals surface area contributed by atoms with Crippen LogP contribution in [0, 0.1) is 5.92 Å². The third kappa shape index (κ3) is 2.92. The number of nitrogens with zero attached hydrogens (tertiary/aromatic N) is 1. The minimum absolute atomic E-state index is 0.420. The highest BCUT2D eigenvalue weighted by atomic mass is 16.1. The van der Waals surface area contributed by atoms with Gasteiger partial charge in [0, 0.05) is 12.6 Å². The Balaban J connectivity index is 2.61. The van der Waals surface area contributed by atoms with Gasteiger partial charge < -0.3 is 11.5 Å². The molecule has 4 nitrogen and oxygen atoms in total. The molecule has 0 aromatic carbocycles. The van der Waals surface area contributed by atoms with Crippen LogP contribution in [0.25, 0.3) is 0 Å². The van der Waals surface area contributed by atoms with Crippen LogP contribution < -0.4 is 11.5 Å². The van der Waals surface area contributed by atoms with Crippen molar-refractivity contribution in [1.29, 1.82) is 0 Å². The van der Waals surface area contributed by atoms with Crippen molar-refractivity contribution in [2.75, 3.05) is 13.1 Å². The first kappa shape index (κ1) is 12.5. The third-order valence-electron chi connectivity index (χ3n) is 3.28. The van der Waals surface area contributed by atoms with Crippen LogP contribution in [0.2, 0.25) is 0 Å². The van der Waals surface area contributed by atoms with E-state index < -0.39 is 11.4 Å². The molecule has 1 aliphatic heterocycles. The number of nitrogens with two attached hydrogens (primary N) is 2. The smallest absolute Gasteiger partial charge is 0.238 e. The van der Waals surface area contributed by atoms with Crippen LogP contribution in [0.3, 0.4) is 0 Å². The molecule has 1 heterocycles. The monoisotopic (exact) mass is 213 g/mol. The van der Waals surface area contributed by atoms with Gasteiger partial charge >= 0.3 is 0 Å². The lowest BCUT2D eigenvalue weighted by atomic mass is 9.98. The summed E-state index contributed by atoms with van der Waals surface area (Å²) in [6, 6.07) is 0.548. The van der Waals surface area contributed by atoms with E-state index in [-0.39, 0.29) is 0 Å². The molecular weight excluding hydrogens is 190 g/mol. The van der Waals surface area contributed by atoms with E-state index in [0.29, 0.717) is 18.5 Å². The molecule has 0 bridgehead atoms. The SMILES string of the molecule is CC(C)C1CCCN1CC(C)(N)C(N)=O. The van der Waals surface area contributed by atoms with Crippen LogP contribution in [0.15, 0.2) is 0 Å². The van der Waals surface area contributed by atoms with Gasteiger partial charge in [-0.3, -0.25) is 9.69 Å². The lowest BCUT2D eigenvalue weighted by molar-refractivity contribution is -0.123. The molecule has 0 saturated carbocycles. The lowest BCUT2D eigenvalue weighted by Gasteiger charge is -2.33. The van der Waals surface area contributed by atoms with Gasteiger partial charge in [0.2, 0.25) is 5.91 Å². The molecule has 1 rings (SSSR count). The summed E-state index contributed by atoms with van der Waals surface area (Å²) in [4.78, 5) is 13.5. The molecule has 4 heteroatoms. The minimum atomic E-state index is -0.905. The summed E-state index contributed by atoms with van der Waals surface area (Å²) in [5.74, 6) is 0.188.